The average molecular weight is 637 g/mol. The third kappa shape index (κ3) is 3.21. The van der Waals surface area contributed by atoms with Crippen LogP contribution < -0.4 is 4.74 Å². The summed E-state index contributed by atoms with van der Waals surface area (Å²) in [4.78, 5) is 11.0. The van der Waals surface area contributed by atoms with Crippen LogP contribution in [0.3, 0.4) is 0 Å². The van der Waals surface area contributed by atoms with Crippen molar-refractivity contribution >= 4 is 43.9 Å². The van der Waals surface area contributed by atoms with Gasteiger partial charge in [0.15, 0.2) is 11.9 Å². The lowest BCUT2D eigenvalue weighted by atomic mass is 9.70. The molecule has 50 heavy (non-hydrogen) atoms. The number of ether oxygens (including phenoxy) is 1. The van der Waals surface area contributed by atoms with Crippen molar-refractivity contribution in [1.82, 2.24) is 0 Å². The first-order valence-electron chi connectivity index (χ1n) is 17.4. The molecule has 1 spiro atoms. The standard InChI is InChI=1S/C47H28N2O/c1-2-11-30-26-31(25-22-27(30)10-1)43-45-44(33-15-4-6-21-39(33)50-45)49-46(48-43)34-16-9-20-38-42(34)32-14-3-5-17-35(32)47(38)36-18-7-12-28-23-24-29-13-8-19-37(47)41(29)40(28)36/h1-26,44-45H. The van der Waals surface area contributed by atoms with Crippen LogP contribution in [0.5, 0.6) is 5.75 Å². The molecule has 8 aromatic rings. The van der Waals surface area contributed by atoms with Crippen molar-refractivity contribution in [2.45, 2.75) is 17.6 Å². The molecule has 232 valence electrons. The van der Waals surface area contributed by atoms with Crippen LogP contribution >= 0.6 is 0 Å². The topological polar surface area (TPSA) is 34.0 Å². The number of para-hydroxylation sites is 1. The number of benzene rings is 8. The second-order valence-electron chi connectivity index (χ2n) is 13.9. The van der Waals surface area contributed by atoms with Crippen LogP contribution in [0.1, 0.15) is 45.0 Å². The lowest BCUT2D eigenvalue weighted by Gasteiger charge is -2.31. The summed E-state index contributed by atoms with van der Waals surface area (Å²) in [6.45, 7) is 0. The first-order chi connectivity index (χ1) is 24.8. The Hall–Kier alpha value is -6.32. The molecule has 2 aliphatic heterocycles. The van der Waals surface area contributed by atoms with Crippen LogP contribution in [0.2, 0.25) is 0 Å². The fourth-order valence-corrected chi connectivity index (χ4v) is 9.61. The minimum Gasteiger partial charge on any atom is -0.481 e. The van der Waals surface area contributed by atoms with Gasteiger partial charge in [0, 0.05) is 16.7 Å². The number of amidine groups is 1. The first-order valence-corrected chi connectivity index (χ1v) is 17.4. The first kappa shape index (κ1) is 26.6. The van der Waals surface area contributed by atoms with E-state index in [4.69, 9.17) is 14.7 Å². The van der Waals surface area contributed by atoms with Crippen molar-refractivity contribution in [2.24, 2.45) is 9.98 Å². The lowest BCUT2D eigenvalue weighted by molar-refractivity contribution is 0.275. The normalized spacial score (nSPS) is 18.6. The predicted octanol–water partition coefficient (Wildman–Crippen LogP) is 10.6. The van der Waals surface area contributed by atoms with Gasteiger partial charge in [-0.05, 0) is 77.8 Å². The summed E-state index contributed by atoms with van der Waals surface area (Å²) >= 11 is 0. The summed E-state index contributed by atoms with van der Waals surface area (Å²) in [7, 11) is 0. The Kier molecular flexibility index (Phi) is 5.02. The van der Waals surface area contributed by atoms with Gasteiger partial charge in [-0.3, -0.25) is 4.99 Å². The number of rotatable bonds is 2. The van der Waals surface area contributed by atoms with Crippen molar-refractivity contribution < 1.29 is 4.74 Å². The molecule has 4 aliphatic rings. The van der Waals surface area contributed by atoms with Gasteiger partial charge >= 0.3 is 0 Å². The molecular weight excluding hydrogens is 609 g/mol. The molecule has 3 heteroatoms. The zero-order valence-corrected chi connectivity index (χ0v) is 27.0. The van der Waals surface area contributed by atoms with Crippen molar-refractivity contribution in [3.8, 4) is 16.9 Å². The second-order valence-corrected chi connectivity index (χ2v) is 13.9. The number of aliphatic imine (C=N–C) groups is 2. The van der Waals surface area contributed by atoms with E-state index in [1.165, 1.54) is 65.7 Å². The molecule has 0 radical (unpaired) electrons. The Balaban J connectivity index is 1.14. The Morgan fingerprint density at radius 2 is 1.12 bits per heavy atom. The maximum Gasteiger partial charge on any atom is 0.168 e. The summed E-state index contributed by atoms with van der Waals surface area (Å²) in [5, 5.41) is 7.69. The van der Waals surface area contributed by atoms with E-state index < -0.39 is 5.41 Å². The number of nitrogens with zero attached hydrogens (tertiary/aromatic N) is 2. The van der Waals surface area contributed by atoms with Crippen LogP contribution in [-0.4, -0.2) is 17.7 Å². The molecule has 0 N–H and O–H groups in total. The smallest absolute Gasteiger partial charge is 0.168 e. The highest BCUT2D eigenvalue weighted by Crippen LogP contribution is 2.63. The van der Waals surface area contributed by atoms with Gasteiger partial charge in [-0.1, -0.05) is 146 Å². The highest BCUT2D eigenvalue weighted by atomic mass is 16.5. The Bertz CT molecular complexity index is 2820. The van der Waals surface area contributed by atoms with E-state index in [1.807, 2.05) is 6.07 Å². The van der Waals surface area contributed by atoms with Crippen LogP contribution in [0.4, 0.5) is 0 Å². The Morgan fingerprint density at radius 1 is 0.500 bits per heavy atom. The summed E-state index contributed by atoms with van der Waals surface area (Å²) in [6.07, 6.45) is -0.299. The number of hydrogen-bond acceptors (Lipinski definition) is 3. The van der Waals surface area contributed by atoms with Crippen LogP contribution in [-0.2, 0) is 5.41 Å². The molecule has 2 heterocycles. The van der Waals surface area contributed by atoms with Crippen molar-refractivity contribution in [3.05, 3.63) is 197 Å². The Morgan fingerprint density at radius 3 is 1.96 bits per heavy atom. The maximum absolute atomic E-state index is 6.66. The monoisotopic (exact) mass is 636 g/mol. The molecule has 12 rings (SSSR count). The minimum atomic E-state index is -0.434. The fourth-order valence-electron chi connectivity index (χ4n) is 9.61. The van der Waals surface area contributed by atoms with Gasteiger partial charge in [0.2, 0.25) is 0 Å². The summed E-state index contributed by atoms with van der Waals surface area (Å²) in [5.74, 6) is 1.64. The van der Waals surface area contributed by atoms with Crippen LogP contribution in [0, 0.1) is 0 Å². The van der Waals surface area contributed by atoms with Gasteiger partial charge in [-0.2, -0.15) is 0 Å². The van der Waals surface area contributed by atoms with E-state index in [9.17, 15) is 0 Å². The number of hydrogen-bond donors (Lipinski definition) is 0. The van der Waals surface area contributed by atoms with Gasteiger partial charge in [-0.25, -0.2) is 4.99 Å². The third-order valence-corrected chi connectivity index (χ3v) is 11.6. The fraction of sp³-hybridized carbons (Fsp3) is 0.0638. The lowest BCUT2D eigenvalue weighted by Crippen LogP contribution is -2.34. The molecule has 3 nitrogen and oxygen atoms in total. The largest absolute Gasteiger partial charge is 0.481 e. The molecule has 8 aromatic carbocycles. The number of fused-ring (bicyclic) bond motifs is 11. The third-order valence-electron chi connectivity index (χ3n) is 11.6. The molecule has 2 aliphatic carbocycles. The quantitative estimate of drug-likeness (QED) is 0.174. The van der Waals surface area contributed by atoms with E-state index in [0.717, 1.165) is 34.0 Å². The minimum absolute atomic E-state index is 0.195. The van der Waals surface area contributed by atoms with E-state index in [-0.39, 0.29) is 12.1 Å². The van der Waals surface area contributed by atoms with E-state index in [0.29, 0.717) is 0 Å². The van der Waals surface area contributed by atoms with Crippen molar-refractivity contribution in [3.63, 3.8) is 0 Å². The van der Waals surface area contributed by atoms with Crippen LogP contribution in [0.15, 0.2) is 168 Å². The van der Waals surface area contributed by atoms with Gasteiger partial charge in [-0.15, -0.1) is 0 Å². The zero-order chi connectivity index (χ0) is 32.6. The van der Waals surface area contributed by atoms with E-state index in [1.54, 1.807) is 0 Å². The van der Waals surface area contributed by atoms with Gasteiger partial charge < -0.3 is 4.74 Å². The highest BCUT2D eigenvalue weighted by molar-refractivity contribution is 6.21. The molecule has 0 amide bonds. The van der Waals surface area contributed by atoms with E-state index in [2.05, 4.69) is 152 Å². The summed E-state index contributed by atoms with van der Waals surface area (Å²) < 4.78 is 6.66. The zero-order valence-electron chi connectivity index (χ0n) is 27.0. The summed E-state index contributed by atoms with van der Waals surface area (Å²) in [6, 6.07) is 57.3. The van der Waals surface area contributed by atoms with Crippen molar-refractivity contribution in [2.75, 3.05) is 0 Å². The molecule has 0 saturated carbocycles. The van der Waals surface area contributed by atoms with Crippen molar-refractivity contribution in [1.29, 1.82) is 0 Å². The highest BCUT2D eigenvalue weighted by Gasteiger charge is 2.52. The molecule has 0 saturated heterocycles. The van der Waals surface area contributed by atoms with Gasteiger partial charge in [0.25, 0.3) is 0 Å². The molecule has 2 atom stereocenters. The van der Waals surface area contributed by atoms with Gasteiger partial charge in [0.05, 0.1) is 11.1 Å². The molecule has 2 unspecified atom stereocenters. The van der Waals surface area contributed by atoms with Crippen LogP contribution in [0.25, 0.3) is 43.4 Å². The molecule has 0 aromatic heterocycles. The predicted molar refractivity (Wildman–Crippen MR) is 203 cm³/mol. The molecule has 0 fully saturated rings. The Labute approximate surface area is 288 Å². The maximum atomic E-state index is 6.66. The average Bonchev–Trinajstić information content (AvgIpc) is 3.81. The molecule has 0 bridgehead atoms. The summed E-state index contributed by atoms with van der Waals surface area (Å²) in [5.41, 5.74) is 11.5. The SMILES string of the molecule is c1ccc2c(c1)OC1C(c3ccc4ccccc4c3)=NC(c3cccc4c3-c3ccccc3C43c4cccc5ccc6cccc3c6c45)=NC21. The second kappa shape index (κ2) is 9.43. The van der Waals surface area contributed by atoms with Gasteiger partial charge in [0.1, 0.15) is 11.8 Å². The molecular formula is C47H28N2O. The van der Waals surface area contributed by atoms with E-state index >= 15 is 0 Å².